The summed E-state index contributed by atoms with van der Waals surface area (Å²) in [6.45, 7) is 0. The number of anilines is 2. The van der Waals surface area contributed by atoms with E-state index in [1.54, 1.807) is 49.8 Å². The van der Waals surface area contributed by atoms with Gasteiger partial charge in [-0.3, -0.25) is 4.98 Å². The molecule has 3 heterocycles. The molecule has 6 aromatic rings. The van der Waals surface area contributed by atoms with Crippen LogP contribution in [0.4, 0.5) is 11.5 Å². The van der Waals surface area contributed by atoms with Crippen molar-refractivity contribution >= 4 is 43.1 Å². The molecule has 0 unspecified atom stereocenters. The first kappa shape index (κ1) is 25.2. The monoisotopic (exact) mass is 549 g/mol. The Balaban J connectivity index is 1.25. The standard InChI is InChI=1S/C30H23N5O4S/c1-38-22-17-26-29(32-18-22)27(15-16-31-26)39-21-11-9-20(10-12-21)33-30-25-6-4-3-5-24(25)28(34-35-30)19-7-13-23(14-8-19)40(2,36)37/h3-18H,1-2H3,(H,33,35). The normalized spacial score (nSPS) is 11.4. The van der Waals surface area contributed by atoms with Crippen molar-refractivity contribution < 1.29 is 17.9 Å². The summed E-state index contributed by atoms with van der Waals surface area (Å²) in [6.07, 6.45) is 4.49. The molecule has 0 radical (unpaired) electrons. The first-order chi connectivity index (χ1) is 19.4. The molecule has 0 aliphatic carbocycles. The van der Waals surface area contributed by atoms with E-state index < -0.39 is 9.84 Å². The van der Waals surface area contributed by atoms with E-state index >= 15 is 0 Å². The molecule has 9 nitrogen and oxygen atoms in total. The van der Waals surface area contributed by atoms with Crippen molar-refractivity contribution in [2.45, 2.75) is 4.90 Å². The Bertz CT molecular complexity index is 1960. The fraction of sp³-hybridized carbons (Fsp3) is 0.0667. The van der Waals surface area contributed by atoms with E-state index in [1.165, 1.54) is 6.26 Å². The van der Waals surface area contributed by atoms with Gasteiger partial charge >= 0.3 is 0 Å². The van der Waals surface area contributed by atoms with Crippen LogP contribution in [-0.4, -0.2) is 41.9 Å². The van der Waals surface area contributed by atoms with Gasteiger partial charge in [-0.1, -0.05) is 36.4 Å². The molecule has 3 aromatic heterocycles. The third-order valence-corrected chi connectivity index (χ3v) is 7.47. The molecule has 3 aromatic carbocycles. The number of rotatable bonds is 7. The van der Waals surface area contributed by atoms with Crippen LogP contribution in [0.2, 0.25) is 0 Å². The minimum Gasteiger partial charge on any atom is -0.495 e. The van der Waals surface area contributed by atoms with Crippen molar-refractivity contribution in [3.05, 3.63) is 97.3 Å². The number of nitrogens with one attached hydrogen (secondary N) is 1. The lowest BCUT2D eigenvalue weighted by atomic mass is 10.0. The lowest BCUT2D eigenvalue weighted by Gasteiger charge is -2.12. The number of hydrogen-bond acceptors (Lipinski definition) is 9. The zero-order valence-electron chi connectivity index (χ0n) is 21.6. The van der Waals surface area contributed by atoms with Crippen LogP contribution in [0.5, 0.6) is 17.2 Å². The number of fused-ring (bicyclic) bond motifs is 2. The average molecular weight is 550 g/mol. The summed E-state index contributed by atoms with van der Waals surface area (Å²) in [5.74, 6) is 2.45. The fourth-order valence-electron chi connectivity index (χ4n) is 4.32. The molecule has 40 heavy (non-hydrogen) atoms. The molecule has 0 bridgehead atoms. The third-order valence-electron chi connectivity index (χ3n) is 6.34. The number of sulfone groups is 1. The minimum atomic E-state index is -3.28. The molecule has 0 saturated carbocycles. The molecule has 0 saturated heterocycles. The van der Waals surface area contributed by atoms with Crippen molar-refractivity contribution in [2.24, 2.45) is 0 Å². The van der Waals surface area contributed by atoms with Gasteiger partial charge in [0.15, 0.2) is 21.4 Å². The molecule has 6 rings (SSSR count). The molecule has 0 atom stereocenters. The van der Waals surface area contributed by atoms with E-state index in [4.69, 9.17) is 9.47 Å². The number of methoxy groups -OCH3 is 1. The second-order valence-electron chi connectivity index (χ2n) is 9.04. The highest BCUT2D eigenvalue weighted by Gasteiger charge is 2.13. The van der Waals surface area contributed by atoms with E-state index in [0.29, 0.717) is 39.8 Å². The maximum Gasteiger partial charge on any atom is 0.175 e. The van der Waals surface area contributed by atoms with Crippen LogP contribution >= 0.6 is 0 Å². The summed E-state index contributed by atoms with van der Waals surface area (Å²) in [7, 11) is -1.70. The van der Waals surface area contributed by atoms with Crippen LogP contribution in [0.15, 0.2) is 102 Å². The summed E-state index contributed by atoms with van der Waals surface area (Å²) in [5, 5.41) is 14.0. The van der Waals surface area contributed by atoms with Gasteiger partial charge in [-0.05, 0) is 36.4 Å². The number of pyridine rings is 2. The SMILES string of the molecule is COc1cnc2c(Oc3ccc(Nc4nnc(-c5ccc(S(C)(=O)=O)cc5)c5ccccc45)cc3)ccnc2c1. The number of benzene rings is 3. The Labute approximate surface area is 230 Å². The van der Waals surface area contributed by atoms with Crippen LogP contribution in [0.25, 0.3) is 33.1 Å². The molecule has 198 valence electrons. The second-order valence-corrected chi connectivity index (χ2v) is 11.1. The largest absolute Gasteiger partial charge is 0.495 e. The Morgan fingerprint density at radius 3 is 2.27 bits per heavy atom. The van der Waals surface area contributed by atoms with Gasteiger partial charge in [-0.25, -0.2) is 13.4 Å². The molecule has 0 aliphatic rings. The quantitative estimate of drug-likeness (QED) is 0.249. The first-order valence-electron chi connectivity index (χ1n) is 12.3. The summed E-state index contributed by atoms with van der Waals surface area (Å²) < 4.78 is 35.0. The predicted molar refractivity (Wildman–Crippen MR) is 154 cm³/mol. The zero-order valence-corrected chi connectivity index (χ0v) is 22.4. The Morgan fingerprint density at radius 1 is 0.800 bits per heavy atom. The number of hydrogen-bond donors (Lipinski definition) is 1. The number of aromatic nitrogens is 4. The number of nitrogens with zero attached hydrogens (tertiary/aromatic N) is 4. The highest BCUT2D eigenvalue weighted by atomic mass is 32.2. The van der Waals surface area contributed by atoms with Crippen LogP contribution < -0.4 is 14.8 Å². The summed E-state index contributed by atoms with van der Waals surface area (Å²) in [4.78, 5) is 9.03. The van der Waals surface area contributed by atoms with E-state index in [1.807, 2.05) is 54.6 Å². The van der Waals surface area contributed by atoms with Crippen molar-refractivity contribution in [2.75, 3.05) is 18.7 Å². The molecule has 10 heteroatoms. The van der Waals surface area contributed by atoms with Crippen molar-refractivity contribution in [1.29, 1.82) is 0 Å². The molecule has 0 aliphatic heterocycles. The van der Waals surface area contributed by atoms with E-state index in [0.717, 1.165) is 22.0 Å². The highest BCUT2D eigenvalue weighted by molar-refractivity contribution is 7.90. The molecule has 0 fully saturated rings. The number of ether oxygens (including phenoxy) is 2. The van der Waals surface area contributed by atoms with Gasteiger partial charge in [-0.2, -0.15) is 0 Å². The van der Waals surface area contributed by atoms with Gasteiger partial charge in [0.1, 0.15) is 22.7 Å². The molecule has 0 spiro atoms. The Hall–Kier alpha value is -5.09. The van der Waals surface area contributed by atoms with E-state index in [-0.39, 0.29) is 4.90 Å². The maximum absolute atomic E-state index is 11.8. The van der Waals surface area contributed by atoms with Crippen molar-refractivity contribution in [3.63, 3.8) is 0 Å². The smallest absolute Gasteiger partial charge is 0.175 e. The molecular weight excluding hydrogens is 526 g/mol. The van der Waals surface area contributed by atoms with Crippen LogP contribution in [0.3, 0.4) is 0 Å². The lowest BCUT2D eigenvalue weighted by molar-refractivity contribution is 0.413. The molecule has 0 amide bonds. The van der Waals surface area contributed by atoms with Gasteiger partial charge in [0.05, 0.1) is 23.7 Å². The molecular formula is C30H23N5O4S. The van der Waals surface area contributed by atoms with Crippen LogP contribution in [0.1, 0.15) is 0 Å². The second kappa shape index (κ2) is 10.2. The average Bonchev–Trinajstić information content (AvgIpc) is 2.98. The predicted octanol–water partition coefficient (Wildman–Crippen LogP) is 6.19. The van der Waals surface area contributed by atoms with Gasteiger partial charge in [0.25, 0.3) is 0 Å². The van der Waals surface area contributed by atoms with Crippen molar-refractivity contribution in [1.82, 2.24) is 20.2 Å². The zero-order chi connectivity index (χ0) is 27.7. The van der Waals surface area contributed by atoms with Gasteiger partial charge < -0.3 is 14.8 Å². The lowest BCUT2D eigenvalue weighted by Crippen LogP contribution is -2.00. The summed E-state index contributed by atoms with van der Waals surface area (Å²) in [6, 6.07) is 25.5. The molecule has 1 N–H and O–H groups in total. The maximum atomic E-state index is 11.8. The Morgan fingerprint density at radius 2 is 1.55 bits per heavy atom. The summed E-state index contributed by atoms with van der Waals surface area (Å²) in [5.41, 5.74) is 3.56. The van der Waals surface area contributed by atoms with E-state index in [2.05, 4.69) is 25.5 Å². The van der Waals surface area contributed by atoms with Gasteiger partial charge in [0, 0.05) is 46.6 Å². The van der Waals surface area contributed by atoms with Crippen LogP contribution in [-0.2, 0) is 9.84 Å². The van der Waals surface area contributed by atoms with Crippen LogP contribution in [0, 0.1) is 0 Å². The minimum absolute atomic E-state index is 0.257. The third kappa shape index (κ3) is 4.99. The topological polar surface area (TPSA) is 116 Å². The van der Waals surface area contributed by atoms with Gasteiger partial charge in [0.2, 0.25) is 0 Å². The first-order valence-corrected chi connectivity index (χ1v) is 14.2. The van der Waals surface area contributed by atoms with Crippen molar-refractivity contribution in [3.8, 4) is 28.5 Å². The van der Waals surface area contributed by atoms with E-state index in [9.17, 15) is 8.42 Å². The van der Waals surface area contributed by atoms with Gasteiger partial charge in [-0.15, -0.1) is 10.2 Å². The Kier molecular flexibility index (Phi) is 6.45. The fourth-order valence-corrected chi connectivity index (χ4v) is 4.95. The highest BCUT2D eigenvalue weighted by Crippen LogP contribution is 2.33. The summed E-state index contributed by atoms with van der Waals surface area (Å²) >= 11 is 0.